The van der Waals surface area contributed by atoms with Crippen molar-refractivity contribution < 1.29 is 9.47 Å². The molecule has 0 saturated carbocycles. The summed E-state index contributed by atoms with van der Waals surface area (Å²) in [6.07, 6.45) is 22.3. The summed E-state index contributed by atoms with van der Waals surface area (Å²) in [6, 6.07) is 0. The fourth-order valence-electron chi connectivity index (χ4n) is 2.58. The predicted octanol–water partition coefficient (Wildman–Crippen LogP) is 7.20. The van der Waals surface area contributed by atoms with Gasteiger partial charge in [-0.15, -0.1) is 0 Å². The predicted molar refractivity (Wildman–Crippen MR) is 106 cm³/mol. The second kappa shape index (κ2) is 20.4. The molecule has 2 heteroatoms. The molecule has 0 rings (SSSR count). The van der Waals surface area contributed by atoms with Crippen molar-refractivity contribution in [2.24, 2.45) is 0 Å². The lowest BCUT2D eigenvalue weighted by molar-refractivity contribution is -0.147. The van der Waals surface area contributed by atoms with E-state index in [1.165, 1.54) is 64.2 Å². The van der Waals surface area contributed by atoms with Gasteiger partial charge in [0, 0.05) is 13.2 Å². The summed E-state index contributed by atoms with van der Waals surface area (Å²) in [4.78, 5) is 0. The number of ether oxygens (including phenoxy) is 2. The fraction of sp³-hybridized carbons (Fsp3) is 0.818. The van der Waals surface area contributed by atoms with Crippen LogP contribution in [0.25, 0.3) is 0 Å². The maximum Gasteiger partial charge on any atom is 0.157 e. The highest BCUT2D eigenvalue weighted by molar-refractivity contribution is 4.96. The van der Waals surface area contributed by atoms with E-state index >= 15 is 0 Å². The van der Waals surface area contributed by atoms with Gasteiger partial charge < -0.3 is 9.47 Å². The van der Waals surface area contributed by atoms with Crippen LogP contribution >= 0.6 is 0 Å². The van der Waals surface area contributed by atoms with Crippen LogP contribution in [0.3, 0.4) is 0 Å². The second-order valence-electron chi connectivity index (χ2n) is 6.59. The van der Waals surface area contributed by atoms with E-state index in [1.54, 1.807) is 0 Å². The molecule has 0 fully saturated rings. The molecule has 0 bridgehead atoms. The molecule has 24 heavy (non-hydrogen) atoms. The van der Waals surface area contributed by atoms with Gasteiger partial charge in [-0.25, -0.2) is 0 Å². The molecule has 0 atom stereocenters. The van der Waals surface area contributed by atoms with Crippen molar-refractivity contribution >= 4 is 0 Å². The van der Waals surface area contributed by atoms with Crippen molar-refractivity contribution in [2.75, 3.05) is 13.2 Å². The Morgan fingerprint density at radius 3 is 1.83 bits per heavy atom. The van der Waals surface area contributed by atoms with E-state index in [0.717, 1.165) is 32.5 Å². The van der Waals surface area contributed by atoms with Gasteiger partial charge in [-0.05, 0) is 38.5 Å². The number of unbranched alkanes of at least 4 members (excludes halogenated alkanes) is 9. The third-order valence-electron chi connectivity index (χ3n) is 4.19. The Hall–Kier alpha value is -0.600. The summed E-state index contributed by atoms with van der Waals surface area (Å²) in [6.45, 7) is 9.77. The van der Waals surface area contributed by atoms with Gasteiger partial charge in [0.05, 0.1) is 0 Å². The summed E-state index contributed by atoms with van der Waals surface area (Å²) < 4.78 is 11.8. The van der Waals surface area contributed by atoms with Crippen molar-refractivity contribution in [2.45, 2.75) is 104 Å². The molecule has 0 spiro atoms. The molecule has 0 radical (unpaired) electrons. The molecule has 2 nitrogen and oxygen atoms in total. The summed E-state index contributed by atoms with van der Waals surface area (Å²) in [7, 11) is 0. The number of hydrogen-bond acceptors (Lipinski definition) is 2. The van der Waals surface area contributed by atoms with Gasteiger partial charge in [0.1, 0.15) is 0 Å². The van der Waals surface area contributed by atoms with Gasteiger partial charge in [-0.3, -0.25) is 0 Å². The highest BCUT2D eigenvalue weighted by Gasteiger charge is 2.08. The van der Waals surface area contributed by atoms with Gasteiger partial charge in [-0.1, -0.05) is 83.6 Å². The highest BCUT2D eigenvalue weighted by atomic mass is 16.7. The molecule has 0 saturated heterocycles. The van der Waals surface area contributed by atoms with Crippen molar-refractivity contribution in [1.29, 1.82) is 0 Å². The van der Waals surface area contributed by atoms with Crippen molar-refractivity contribution in [3.8, 4) is 0 Å². The lowest BCUT2D eigenvalue weighted by atomic mass is 10.1. The first kappa shape index (κ1) is 23.4. The summed E-state index contributed by atoms with van der Waals surface area (Å²) in [5.74, 6) is 0. The number of hydrogen-bond donors (Lipinski definition) is 0. The molecule has 0 aromatic heterocycles. The molecule has 0 amide bonds. The molecule has 0 aliphatic carbocycles. The van der Waals surface area contributed by atoms with Crippen LogP contribution in [0.1, 0.15) is 97.3 Å². The van der Waals surface area contributed by atoms with Crippen LogP contribution in [0, 0.1) is 0 Å². The zero-order valence-corrected chi connectivity index (χ0v) is 16.4. The topological polar surface area (TPSA) is 18.5 Å². The van der Waals surface area contributed by atoms with Crippen LogP contribution in [0.2, 0.25) is 0 Å². The third-order valence-corrected chi connectivity index (χ3v) is 4.19. The Morgan fingerprint density at radius 1 is 0.750 bits per heavy atom. The van der Waals surface area contributed by atoms with E-state index in [1.807, 2.05) is 12.2 Å². The van der Waals surface area contributed by atoms with Crippen molar-refractivity contribution in [3.63, 3.8) is 0 Å². The lowest BCUT2D eigenvalue weighted by Gasteiger charge is -2.18. The minimum Gasteiger partial charge on any atom is -0.353 e. The van der Waals surface area contributed by atoms with E-state index in [-0.39, 0.29) is 6.29 Å². The third kappa shape index (κ3) is 17.7. The summed E-state index contributed by atoms with van der Waals surface area (Å²) >= 11 is 0. The van der Waals surface area contributed by atoms with E-state index in [9.17, 15) is 0 Å². The molecule has 0 aliphatic heterocycles. The Kier molecular flexibility index (Phi) is 19.9. The molecule has 0 aromatic carbocycles. The Bertz CT molecular complexity index is 263. The number of allylic oxidation sites excluding steroid dienone is 3. The van der Waals surface area contributed by atoms with Crippen molar-refractivity contribution in [3.05, 3.63) is 24.8 Å². The van der Waals surface area contributed by atoms with Gasteiger partial charge in [0.25, 0.3) is 0 Å². The molecule has 0 aromatic rings. The highest BCUT2D eigenvalue weighted by Crippen LogP contribution is 2.13. The maximum absolute atomic E-state index is 5.89. The van der Waals surface area contributed by atoms with E-state index in [4.69, 9.17) is 9.47 Å². The SMILES string of the molecule is C=C/C=C/CCCCCCCCCC(OCCCC)OCCCC. The standard InChI is InChI=1S/C22H42O2/c1-4-7-10-11-12-13-14-15-16-17-18-19-22(23-20-8-5-2)24-21-9-6-3/h4,7,10,22H,1,5-6,8-9,11-21H2,2-3H3/b10-7+. The summed E-state index contributed by atoms with van der Waals surface area (Å²) in [5, 5.41) is 0. The minimum absolute atomic E-state index is 0.0275. The molecule has 0 unspecified atom stereocenters. The molecule has 142 valence electrons. The molecular weight excluding hydrogens is 296 g/mol. The zero-order valence-electron chi connectivity index (χ0n) is 16.4. The minimum atomic E-state index is 0.0275. The van der Waals surface area contributed by atoms with Crippen LogP contribution in [0.5, 0.6) is 0 Å². The zero-order chi connectivity index (χ0) is 17.7. The Labute approximate surface area is 151 Å². The van der Waals surface area contributed by atoms with E-state index in [2.05, 4.69) is 26.5 Å². The quantitative estimate of drug-likeness (QED) is 0.141. The first-order valence-corrected chi connectivity index (χ1v) is 10.4. The molecule has 0 heterocycles. The molecular formula is C22H42O2. The summed E-state index contributed by atoms with van der Waals surface area (Å²) in [5.41, 5.74) is 0. The lowest BCUT2D eigenvalue weighted by Crippen LogP contribution is -2.18. The largest absolute Gasteiger partial charge is 0.353 e. The van der Waals surface area contributed by atoms with Crippen LogP contribution in [-0.4, -0.2) is 19.5 Å². The number of rotatable bonds is 19. The van der Waals surface area contributed by atoms with Gasteiger partial charge in [0.2, 0.25) is 0 Å². The monoisotopic (exact) mass is 338 g/mol. The average molecular weight is 339 g/mol. The van der Waals surface area contributed by atoms with Gasteiger partial charge in [0.15, 0.2) is 6.29 Å². The Morgan fingerprint density at radius 2 is 1.29 bits per heavy atom. The smallest absolute Gasteiger partial charge is 0.157 e. The molecule has 0 aliphatic rings. The first-order valence-electron chi connectivity index (χ1n) is 10.4. The van der Waals surface area contributed by atoms with Crippen LogP contribution in [0.4, 0.5) is 0 Å². The van der Waals surface area contributed by atoms with Crippen LogP contribution < -0.4 is 0 Å². The fourth-order valence-corrected chi connectivity index (χ4v) is 2.58. The Balaban J connectivity index is 3.52. The van der Waals surface area contributed by atoms with Crippen LogP contribution in [-0.2, 0) is 9.47 Å². The van der Waals surface area contributed by atoms with Crippen molar-refractivity contribution in [1.82, 2.24) is 0 Å². The van der Waals surface area contributed by atoms with Gasteiger partial charge >= 0.3 is 0 Å². The van der Waals surface area contributed by atoms with Crippen LogP contribution in [0.15, 0.2) is 24.8 Å². The first-order chi connectivity index (χ1) is 11.8. The van der Waals surface area contributed by atoms with E-state index in [0.29, 0.717) is 0 Å². The maximum atomic E-state index is 5.89. The second-order valence-corrected chi connectivity index (χ2v) is 6.59. The van der Waals surface area contributed by atoms with E-state index < -0.39 is 0 Å². The normalized spacial score (nSPS) is 11.6. The van der Waals surface area contributed by atoms with Gasteiger partial charge in [-0.2, -0.15) is 0 Å². The average Bonchev–Trinajstić information content (AvgIpc) is 2.59. The molecule has 0 N–H and O–H groups in total.